The number of amides is 1. The molecular formula is C19H22N2O6S. The zero-order valence-corrected chi connectivity index (χ0v) is 16.5. The summed E-state index contributed by atoms with van der Waals surface area (Å²) < 4.78 is 15.1. The van der Waals surface area contributed by atoms with E-state index in [4.69, 9.17) is 9.47 Å². The van der Waals surface area contributed by atoms with Crippen LogP contribution >= 0.6 is 11.3 Å². The van der Waals surface area contributed by atoms with Crippen LogP contribution in [-0.4, -0.2) is 43.1 Å². The number of aryl methyl sites for hydroxylation is 1. The molecule has 2 aromatic rings. The normalized spacial score (nSPS) is 10.2. The van der Waals surface area contributed by atoms with Crippen LogP contribution in [0.5, 0.6) is 5.75 Å². The molecule has 1 N–H and O–H groups in total. The predicted octanol–water partition coefficient (Wildman–Crippen LogP) is 2.26. The molecule has 0 aliphatic heterocycles. The van der Waals surface area contributed by atoms with Crippen molar-refractivity contribution in [1.82, 2.24) is 10.3 Å². The van der Waals surface area contributed by atoms with Gasteiger partial charge in [0, 0.05) is 18.3 Å². The van der Waals surface area contributed by atoms with Gasteiger partial charge in [-0.1, -0.05) is 0 Å². The Hall–Kier alpha value is -2.94. The molecule has 150 valence electrons. The lowest BCUT2D eigenvalue weighted by molar-refractivity contribution is -0.140. The second-order valence-electron chi connectivity index (χ2n) is 5.78. The highest BCUT2D eigenvalue weighted by molar-refractivity contribution is 7.09. The van der Waals surface area contributed by atoms with Gasteiger partial charge in [-0.25, -0.2) is 9.78 Å². The number of thiazole rings is 1. The Morgan fingerprint density at radius 2 is 1.93 bits per heavy atom. The van der Waals surface area contributed by atoms with Crippen LogP contribution < -0.4 is 10.1 Å². The summed E-state index contributed by atoms with van der Waals surface area (Å²) in [5, 5.41) is 5.47. The Morgan fingerprint density at radius 1 is 1.18 bits per heavy atom. The van der Waals surface area contributed by atoms with E-state index < -0.39 is 18.5 Å². The smallest absolute Gasteiger partial charge is 0.338 e. The van der Waals surface area contributed by atoms with E-state index in [-0.39, 0.29) is 12.4 Å². The van der Waals surface area contributed by atoms with Crippen LogP contribution in [0.3, 0.4) is 0 Å². The molecule has 0 aliphatic carbocycles. The first-order chi connectivity index (χ1) is 13.5. The van der Waals surface area contributed by atoms with E-state index in [0.29, 0.717) is 30.9 Å². The predicted molar refractivity (Wildman–Crippen MR) is 102 cm³/mol. The van der Waals surface area contributed by atoms with Gasteiger partial charge in [-0.2, -0.15) is 0 Å². The maximum absolute atomic E-state index is 12.0. The molecule has 0 saturated carbocycles. The van der Waals surface area contributed by atoms with Gasteiger partial charge < -0.3 is 19.5 Å². The fourth-order valence-corrected chi connectivity index (χ4v) is 2.74. The third-order valence-corrected chi connectivity index (χ3v) is 4.41. The first-order valence-electron chi connectivity index (χ1n) is 8.62. The largest absolute Gasteiger partial charge is 0.487 e. The average Bonchev–Trinajstić information content (AvgIpc) is 3.13. The fraction of sp³-hybridized carbons (Fsp3) is 0.368. The summed E-state index contributed by atoms with van der Waals surface area (Å²) in [5.74, 6) is -0.775. The molecule has 9 heteroatoms. The number of aromatic nitrogens is 1. The number of benzene rings is 1. The molecule has 1 aromatic carbocycles. The molecule has 0 atom stereocenters. The maximum atomic E-state index is 12.0. The number of hydrogen-bond acceptors (Lipinski definition) is 8. The highest BCUT2D eigenvalue weighted by Crippen LogP contribution is 2.16. The van der Waals surface area contributed by atoms with Crippen molar-refractivity contribution in [3.05, 3.63) is 45.9 Å². The summed E-state index contributed by atoms with van der Waals surface area (Å²) >= 11 is 1.56. The molecule has 0 spiro atoms. The summed E-state index contributed by atoms with van der Waals surface area (Å²) in [7, 11) is 1.31. The number of methoxy groups -OCH3 is 1. The molecule has 1 aromatic heterocycles. The zero-order valence-electron chi connectivity index (χ0n) is 15.7. The lowest BCUT2D eigenvalue weighted by atomic mass is 10.2. The highest BCUT2D eigenvalue weighted by atomic mass is 32.1. The molecular weight excluding hydrogens is 384 g/mol. The fourth-order valence-electron chi connectivity index (χ4n) is 2.15. The topological polar surface area (TPSA) is 104 Å². The third-order valence-electron chi connectivity index (χ3n) is 3.59. The van der Waals surface area contributed by atoms with Crippen molar-refractivity contribution in [2.45, 2.75) is 26.4 Å². The number of carbonyl (C=O) groups is 3. The molecule has 2 rings (SSSR count). The maximum Gasteiger partial charge on any atom is 0.338 e. The standard InChI is InChI=1S/C19H22N2O6S/c1-13-21-15(12-28-13)10-26-16-7-5-14(6-8-16)19(24)27-11-17(22)20-9-3-4-18(23)25-2/h5-8,12H,3-4,9-11H2,1-2H3,(H,20,22). The number of esters is 2. The van der Waals surface area contributed by atoms with Gasteiger partial charge in [-0.05, 0) is 37.6 Å². The van der Waals surface area contributed by atoms with Gasteiger partial charge in [0.15, 0.2) is 6.61 Å². The first kappa shape index (κ1) is 21.4. The SMILES string of the molecule is COC(=O)CCCNC(=O)COC(=O)c1ccc(OCc2csc(C)n2)cc1. The van der Waals surface area contributed by atoms with Gasteiger partial charge in [-0.3, -0.25) is 9.59 Å². The Bertz CT molecular complexity index is 803. The minimum atomic E-state index is -0.605. The molecule has 0 unspecified atom stereocenters. The van der Waals surface area contributed by atoms with Crippen molar-refractivity contribution in [2.75, 3.05) is 20.3 Å². The summed E-state index contributed by atoms with van der Waals surface area (Å²) in [6.45, 7) is 2.19. The lowest BCUT2D eigenvalue weighted by Crippen LogP contribution is -2.29. The van der Waals surface area contributed by atoms with Crippen LogP contribution in [0.2, 0.25) is 0 Å². The monoisotopic (exact) mass is 406 g/mol. The Kier molecular flexibility index (Phi) is 8.41. The summed E-state index contributed by atoms with van der Waals surface area (Å²) in [6.07, 6.45) is 0.668. The van der Waals surface area contributed by atoms with Crippen LogP contribution in [0.1, 0.15) is 33.9 Å². The summed E-state index contributed by atoms with van der Waals surface area (Å²) in [5.41, 5.74) is 1.17. The van der Waals surface area contributed by atoms with Crippen molar-refractivity contribution < 1.29 is 28.6 Å². The van der Waals surface area contributed by atoms with Crippen LogP contribution in [0.4, 0.5) is 0 Å². The van der Waals surface area contributed by atoms with Crippen molar-refractivity contribution in [3.63, 3.8) is 0 Å². The van der Waals surface area contributed by atoms with E-state index in [2.05, 4.69) is 15.0 Å². The highest BCUT2D eigenvalue weighted by Gasteiger charge is 2.11. The summed E-state index contributed by atoms with van der Waals surface area (Å²) in [6, 6.07) is 6.45. The van der Waals surface area contributed by atoms with Crippen molar-refractivity contribution in [3.8, 4) is 5.75 Å². The van der Waals surface area contributed by atoms with Crippen LogP contribution in [0.25, 0.3) is 0 Å². The van der Waals surface area contributed by atoms with E-state index in [1.807, 2.05) is 12.3 Å². The lowest BCUT2D eigenvalue weighted by Gasteiger charge is -2.07. The number of rotatable bonds is 10. The average molecular weight is 406 g/mol. The molecule has 8 nitrogen and oxygen atoms in total. The third kappa shape index (κ3) is 7.36. The molecule has 0 radical (unpaired) electrons. The van der Waals surface area contributed by atoms with Crippen LogP contribution in [0.15, 0.2) is 29.6 Å². The Balaban J connectivity index is 1.69. The Labute approximate surface area is 166 Å². The number of nitrogens with one attached hydrogen (secondary N) is 1. The van der Waals surface area contributed by atoms with E-state index in [9.17, 15) is 14.4 Å². The molecule has 1 heterocycles. The van der Waals surface area contributed by atoms with E-state index in [0.717, 1.165) is 10.7 Å². The van der Waals surface area contributed by atoms with Gasteiger partial charge in [0.2, 0.25) is 0 Å². The molecule has 0 fully saturated rings. The Morgan fingerprint density at radius 3 is 2.57 bits per heavy atom. The van der Waals surface area contributed by atoms with E-state index in [1.54, 1.807) is 35.6 Å². The number of hydrogen-bond donors (Lipinski definition) is 1. The van der Waals surface area contributed by atoms with Gasteiger partial charge >= 0.3 is 11.9 Å². The van der Waals surface area contributed by atoms with Crippen molar-refractivity contribution in [2.24, 2.45) is 0 Å². The number of nitrogens with zero attached hydrogens (tertiary/aromatic N) is 1. The van der Waals surface area contributed by atoms with Crippen molar-refractivity contribution >= 4 is 29.2 Å². The van der Waals surface area contributed by atoms with E-state index >= 15 is 0 Å². The van der Waals surface area contributed by atoms with Crippen LogP contribution in [-0.2, 0) is 25.7 Å². The zero-order chi connectivity index (χ0) is 20.4. The quantitative estimate of drug-likeness (QED) is 0.477. The molecule has 1 amide bonds. The minimum Gasteiger partial charge on any atom is -0.487 e. The summed E-state index contributed by atoms with van der Waals surface area (Å²) in [4.78, 5) is 38.9. The van der Waals surface area contributed by atoms with Gasteiger partial charge in [-0.15, -0.1) is 11.3 Å². The molecule has 28 heavy (non-hydrogen) atoms. The first-order valence-corrected chi connectivity index (χ1v) is 9.50. The van der Waals surface area contributed by atoms with Gasteiger partial charge in [0.1, 0.15) is 12.4 Å². The van der Waals surface area contributed by atoms with Crippen molar-refractivity contribution in [1.29, 1.82) is 0 Å². The second kappa shape index (κ2) is 11.0. The van der Waals surface area contributed by atoms with Crippen LogP contribution in [0, 0.1) is 6.92 Å². The molecule has 0 saturated heterocycles. The number of ether oxygens (including phenoxy) is 3. The minimum absolute atomic E-state index is 0.215. The van der Waals surface area contributed by atoms with Gasteiger partial charge in [0.05, 0.1) is 23.4 Å². The molecule has 0 bridgehead atoms. The molecule has 0 aliphatic rings. The number of carbonyl (C=O) groups excluding carboxylic acids is 3. The van der Waals surface area contributed by atoms with E-state index in [1.165, 1.54) is 7.11 Å². The second-order valence-corrected chi connectivity index (χ2v) is 6.84. The van der Waals surface area contributed by atoms with Gasteiger partial charge in [0.25, 0.3) is 5.91 Å².